The predicted octanol–water partition coefficient (Wildman–Crippen LogP) is 2.43. The molecular formula is C23H28ClN3O5S. The minimum Gasteiger partial charge on any atom is -0.379 e. The molecule has 0 spiro atoms. The second-order valence-electron chi connectivity index (χ2n) is 8.08. The van der Waals surface area contributed by atoms with Crippen LogP contribution in [0.2, 0.25) is 5.02 Å². The summed E-state index contributed by atoms with van der Waals surface area (Å²) in [5.74, 6) is -1.03. The Bertz CT molecular complexity index is 1080. The molecule has 33 heavy (non-hydrogen) atoms. The number of sulfonamides is 1. The molecular weight excluding hydrogens is 466 g/mol. The monoisotopic (exact) mass is 493 g/mol. The van der Waals surface area contributed by atoms with Crippen LogP contribution in [0.4, 0.5) is 0 Å². The molecule has 1 atom stereocenters. The molecule has 0 aliphatic carbocycles. The van der Waals surface area contributed by atoms with E-state index in [1.807, 2.05) is 26.0 Å². The minimum absolute atomic E-state index is 0.0327. The number of nitrogens with zero attached hydrogens (tertiary/aromatic N) is 1. The molecule has 1 unspecified atom stereocenters. The summed E-state index contributed by atoms with van der Waals surface area (Å²) in [6.07, 6.45) is 0. The number of benzene rings is 2. The first-order valence-electron chi connectivity index (χ1n) is 10.7. The number of halogens is 1. The maximum absolute atomic E-state index is 12.9. The van der Waals surface area contributed by atoms with Gasteiger partial charge in [-0.05, 0) is 41.8 Å². The average molecular weight is 494 g/mol. The van der Waals surface area contributed by atoms with Gasteiger partial charge in [-0.25, -0.2) is 8.42 Å². The van der Waals surface area contributed by atoms with E-state index >= 15 is 0 Å². The number of nitrogens with one attached hydrogen (secondary N) is 2. The van der Waals surface area contributed by atoms with Crippen LogP contribution in [0.1, 0.15) is 29.8 Å². The first-order valence-corrected chi connectivity index (χ1v) is 12.5. The Morgan fingerprint density at radius 2 is 1.76 bits per heavy atom. The zero-order valence-corrected chi connectivity index (χ0v) is 20.2. The Labute approximate surface area is 199 Å². The lowest BCUT2D eigenvalue weighted by Crippen LogP contribution is -2.49. The van der Waals surface area contributed by atoms with Crippen molar-refractivity contribution in [1.82, 2.24) is 14.9 Å². The highest BCUT2D eigenvalue weighted by Crippen LogP contribution is 2.19. The van der Waals surface area contributed by atoms with Gasteiger partial charge in [-0.15, -0.1) is 0 Å². The Balaban J connectivity index is 1.69. The Hall–Kier alpha value is -2.46. The van der Waals surface area contributed by atoms with E-state index in [2.05, 4.69) is 10.6 Å². The first-order chi connectivity index (χ1) is 15.7. The number of carbonyl (C=O) groups is 2. The maximum atomic E-state index is 12.9. The maximum Gasteiger partial charge on any atom is 0.251 e. The smallest absolute Gasteiger partial charge is 0.251 e. The highest BCUT2D eigenvalue weighted by molar-refractivity contribution is 7.89. The van der Waals surface area contributed by atoms with E-state index in [0.717, 1.165) is 5.56 Å². The van der Waals surface area contributed by atoms with Gasteiger partial charge in [0.2, 0.25) is 15.9 Å². The lowest BCUT2D eigenvalue weighted by molar-refractivity contribution is -0.124. The predicted molar refractivity (Wildman–Crippen MR) is 125 cm³/mol. The number of amides is 2. The molecule has 0 aromatic heterocycles. The molecule has 1 heterocycles. The molecule has 2 amide bonds. The summed E-state index contributed by atoms with van der Waals surface area (Å²) in [6, 6.07) is 12.2. The van der Waals surface area contributed by atoms with Gasteiger partial charge in [0.05, 0.1) is 18.1 Å². The summed E-state index contributed by atoms with van der Waals surface area (Å²) in [4.78, 5) is 25.7. The van der Waals surface area contributed by atoms with Crippen molar-refractivity contribution in [3.63, 3.8) is 0 Å². The van der Waals surface area contributed by atoms with Crippen molar-refractivity contribution >= 4 is 33.4 Å². The van der Waals surface area contributed by atoms with Crippen molar-refractivity contribution < 1.29 is 22.7 Å². The number of carbonyl (C=O) groups excluding carboxylic acids is 2. The third-order valence-corrected chi connectivity index (χ3v) is 7.47. The number of hydrogen-bond donors (Lipinski definition) is 2. The quantitative estimate of drug-likeness (QED) is 0.587. The molecule has 1 aliphatic rings. The highest BCUT2D eigenvalue weighted by Gasteiger charge is 2.28. The van der Waals surface area contributed by atoms with Gasteiger partial charge in [0.1, 0.15) is 6.04 Å². The fraction of sp³-hybridized carbons (Fsp3) is 0.391. The zero-order valence-electron chi connectivity index (χ0n) is 18.6. The standard InChI is InChI=1S/C23H28ClN3O5S/c1-16(2)21(23(29)25-15-17-6-8-19(24)9-7-17)26-22(28)18-4-3-5-20(14-18)33(30,31)27-10-12-32-13-11-27/h3-9,14,16,21H,10-13,15H2,1-2H3,(H,25,29)(H,26,28). The van der Waals surface area contributed by atoms with Crippen molar-refractivity contribution in [3.05, 3.63) is 64.7 Å². The third kappa shape index (κ3) is 6.54. The van der Waals surface area contributed by atoms with Crippen LogP contribution in [0.25, 0.3) is 0 Å². The topological polar surface area (TPSA) is 105 Å². The lowest BCUT2D eigenvalue weighted by Gasteiger charge is -2.26. The fourth-order valence-electron chi connectivity index (χ4n) is 3.39. The molecule has 3 rings (SSSR count). The molecule has 10 heteroatoms. The van der Waals surface area contributed by atoms with Crippen LogP contribution in [0.15, 0.2) is 53.4 Å². The van der Waals surface area contributed by atoms with Gasteiger partial charge in [-0.2, -0.15) is 4.31 Å². The Morgan fingerprint density at radius 1 is 1.09 bits per heavy atom. The van der Waals surface area contributed by atoms with Crippen LogP contribution >= 0.6 is 11.6 Å². The van der Waals surface area contributed by atoms with Gasteiger partial charge in [0.15, 0.2) is 0 Å². The summed E-state index contributed by atoms with van der Waals surface area (Å²) in [7, 11) is -3.74. The van der Waals surface area contributed by atoms with Crippen molar-refractivity contribution in [1.29, 1.82) is 0 Å². The van der Waals surface area contributed by atoms with E-state index in [-0.39, 0.29) is 35.4 Å². The van der Waals surface area contributed by atoms with E-state index < -0.39 is 22.0 Å². The molecule has 2 aromatic carbocycles. The first kappa shape index (κ1) is 25.2. The molecule has 8 nitrogen and oxygen atoms in total. The summed E-state index contributed by atoms with van der Waals surface area (Å²) >= 11 is 5.88. The van der Waals surface area contributed by atoms with Crippen LogP contribution in [0, 0.1) is 5.92 Å². The van der Waals surface area contributed by atoms with Gasteiger partial charge in [-0.3, -0.25) is 9.59 Å². The van der Waals surface area contributed by atoms with Gasteiger partial charge < -0.3 is 15.4 Å². The van der Waals surface area contributed by atoms with E-state index in [1.165, 1.54) is 28.6 Å². The fourth-order valence-corrected chi connectivity index (χ4v) is 4.98. The number of rotatable bonds is 8. The van der Waals surface area contributed by atoms with Gasteiger partial charge in [0, 0.05) is 30.2 Å². The van der Waals surface area contributed by atoms with E-state index in [9.17, 15) is 18.0 Å². The van der Waals surface area contributed by atoms with Gasteiger partial charge >= 0.3 is 0 Å². The zero-order chi connectivity index (χ0) is 24.0. The summed E-state index contributed by atoms with van der Waals surface area (Å²) < 4.78 is 32.4. The van der Waals surface area contributed by atoms with Crippen molar-refractivity contribution in [2.24, 2.45) is 5.92 Å². The molecule has 0 saturated carbocycles. The largest absolute Gasteiger partial charge is 0.379 e. The average Bonchev–Trinajstić information content (AvgIpc) is 2.82. The molecule has 2 N–H and O–H groups in total. The van der Waals surface area contributed by atoms with Crippen LogP contribution in [0.3, 0.4) is 0 Å². The molecule has 1 fully saturated rings. The number of ether oxygens (including phenoxy) is 1. The summed E-state index contributed by atoms with van der Waals surface area (Å²) in [6.45, 7) is 5.14. The molecule has 0 bridgehead atoms. The summed E-state index contributed by atoms with van der Waals surface area (Å²) in [5, 5.41) is 6.17. The minimum atomic E-state index is -3.74. The van der Waals surface area contributed by atoms with Gasteiger partial charge in [0.25, 0.3) is 5.91 Å². The molecule has 1 aliphatic heterocycles. The normalized spacial score (nSPS) is 15.8. The Morgan fingerprint density at radius 3 is 2.39 bits per heavy atom. The van der Waals surface area contributed by atoms with Crippen molar-refractivity contribution in [2.75, 3.05) is 26.3 Å². The van der Waals surface area contributed by atoms with E-state index in [1.54, 1.807) is 12.1 Å². The second kappa shape index (κ2) is 11.1. The summed E-state index contributed by atoms with van der Waals surface area (Å²) in [5.41, 5.74) is 1.04. The van der Waals surface area contributed by atoms with Crippen LogP contribution < -0.4 is 10.6 Å². The van der Waals surface area contributed by atoms with Crippen LogP contribution in [-0.4, -0.2) is 56.9 Å². The molecule has 178 valence electrons. The van der Waals surface area contributed by atoms with Crippen molar-refractivity contribution in [2.45, 2.75) is 31.3 Å². The molecule has 1 saturated heterocycles. The molecule has 0 radical (unpaired) electrons. The lowest BCUT2D eigenvalue weighted by atomic mass is 10.0. The van der Waals surface area contributed by atoms with Crippen LogP contribution in [0.5, 0.6) is 0 Å². The SMILES string of the molecule is CC(C)C(NC(=O)c1cccc(S(=O)(=O)N2CCOCC2)c1)C(=O)NCc1ccc(Cl)cc1. The Kier molecular flexibility index (Phi) is 8.47. The second-order valence-corrected chi connectivity index (χ2v) is 10.5. The number of morpholine rings is 1. The van der Waals surface area contributed by atoms with Gasteiger partial charge in [-0.1, -0.05) is 43.6 Å². The van der Waals surface area contributed by atoms with Crippen LogP contribution in [-0.2, 0) is 26.1 Å². The number of hydrogen-bond acceptors (Lipinski definition) is 5. The van der Waals surface area contributed by atoms with E-state index in [4.69, 9.17) is 16.3 Å². The molecule has 2 aromatic rings. The van der Waals surface area contributed by atoms with Crippen molar-refractivity contribution in [3.8, 4) is 0 Å². The third-order valence-electron chi connectivity index (χ3n) is 5.32. The van der Waals surface area contributed by atoms with E-state index in [0.29, 0.717) is 24.8 Å². The highest BCUT2D eigenvalue weighted by atomic mass is 35.5.